The zero-order valence-corrected chi connectivity index (χ0v) is 21.9. The zero-order chi connectivity index (χ0) is 25.4. The summed E-state index contributed by atoms with van der Waals surface area (Å²) in [7, 11) is 0. The minimum Gasteiger partial charge on any atom is -0.465 e. The number of benzene rings is 2. The molecule has 2 N–H and O–H groups in total. The van der Waals surface area contributed by atoms with Gasteiger partial charge in [0.15, 0.2) is 0 Å². The maximum atomic E-state index is 12.6. The molecule has 1 amide bonds. The lowest BCUT2D eigenvalue weighted by Gasteiger charge is -2.46. The number of nitrogens with zero attached hydrogens (tertiary/aromatic N) is 2. The van der Waals surface area contributed by atoms with E-state index in [0.29, 0.717) is 5.75 Å². The number of hydrogen-bond donors (Lipinski definition) is 2. The molecule has 1 fully saturated rings. The molecule has 3 aromatic rings. The van der Waals surface area contributed by atoms with Crippen LogP contribution >= 0.6 is 0 Å². The standard InChI is InChI=1S/C29H39N3O3/c1-7-25-30-23-13-12-22(18-24(23)31-25)35-21-10-8-19(9-11-21)26(28(2,3)4)32(27(33)34)20-14-16-29(5,6)17-15-20/h8-13,18,20,26H,7,14-17H2,1-6H3,(H,30,31)(H,33,34). The second-order valence-corrected chi connectivity index (χ2v) is 11.7. The third-order valence-corrected chi connectivity index (χ3v) is 7.29. The first-order valence-corrected chi connectivity index (χ1v) is 12.7. The van der Waals surface area contributed by atoms with Crippen molar-refractivity contribution in [2.45, 2.75) is 85.7 Å². The highest BCUT2D eigenvalue weighted by molar-refractivity contribution is 5.77. The van der Waals surface area contributed by atoms with Gasteiger partial charge in [-0.05, 0) is 66.3 Å². The minimum absolute atomic E-state index is 0.0364. The molecule has 1 aliphatic carbocycles. The Morgan fingerprint density at radius 1 is 1.14 bits per heavy atom. The number of fused-ring (bicyclic) bond motifs is 1. The average molecular weight is 478 g/mol. The molecule has 6 heteroatoms. The summed E-state index contributed by atoms with van der Waals surface area (Å²) < 4.78 is 6.11. The van der Waals surface area contributed by atoms with Gasteiger partial charge in [-0.1, -0.05) is 53.7 Å². The SMILES string of the molecule is CCc1nc2cc(Oc3ccc(C(N(C(=O)O)C4CCC(C)(C)CC4)C(C)(C)C)cc3)ccc2[nH]1. The number of amides is 1. The molecule has 0 radical (unpaired) electrons. The smallest absolute Gasteiger partial charge is 0.408 e. The van der Waals surface area contributed by atoms with Crippen LogP contribution in [0, 0.1) is 10.8 Å². The summed E-state index contributed by atoms with van der Waals surface area (Å²) in [5, 5.41) is 10.3. The third kappa shape index (κ3) is 5.63. The molecule has 1 aromatic heterocycles. The lowest BCUT2D eigenvalue weighted by molar-refractivity contribution is 0.0279. The Balaban J connectivity index is 1.57. The number of imidazole rings is 1. The number of aromatic amines is 1. The van der Waals surface area contributed by atoms with E-state index >= 15 is 0 Å². The second-order valence-electron chi connectivity index (χ2n) is 11.7. The fourth-order valence-corrected chi connectivity index (χ4v) is 5.34. The van der Waals surface area contributed by atoms with Crippen LogP contribution in [0.2, 0.25) is 0 Å². The first-order chi connectivity index (χ1) is 16.5. The quantitative estimate of drug-likeness (QED) is 0.377. The average Bonchev–Trinajstić information content (AvgIpc) is 3.20. The van der Waals surface area contributed by atoms with Gasteiger partial charge in [0, 0.05) is 18.5 Å². The first-order valence-electron chi connectivity index (χ1n) is 12.7. The molecule has 1 unspecified atom stereocenters. The van der Waals surface area contributed by atoms with Crippen LogP contribution in [-0.4, -0.2) is 32.1 Å². The monoisotopic (exact) mass is 477 g/mol. The topological polar surface area (TPSA) is 78.4 Å². The van der Waals surface area contributed by atoms with Crippen LogP contribution in [0.15, 0.2) is 42.5 Å². The van der Waals surface area contributed by atoms with Crippen molar-refractivity contribution in [2.75, 3.05) is 0 Å². The van der Waals surface area contributed by atoms with Crippen LogP contribution in [0.25, 0.3) is 11.0 Å². The van der Waals surface area contributed by atoms with Crippen LogP contribution < -0.4 is 4.74 Å². The molecule has 0 spiro atoms. The van der Waals surface area contributed by atoms with Gasteiger partial charge in [0.25, 0.3) is 0 Å². The van der Waals surface area contributed by atoms with Crippen LogP contribution in [0.3, 0.4) is 0 Å². The van der Waals surface area contributed by atoms with Crippen molar-refractivity contribution in [2.24, 2.45) is 10.8 Å². The van der Waals surface area contributed by atoms with Gasteiger partial charge in [0.1, 0.15) is 17.3 Å². The Kier molecular flexibility index (Phi) is 6.85. The van der Waals surface area contributed by atoms with Crippen molar-refractivity contribution in [1.82, 2.24) is 14.9 Å². The Hall–Kier alpha value is -3.02. The van der Waals surface area contributed by atoms with Gasteiger partial charge in [-0.25, -0.2) is 9.78 Å². The highest BCUT2D eigenvalue weighted by Gasteiger charge is 2.41. The summed E-state index contributed by atoms with van der Waals surface area (Å²) in [5.74, 6) is 2.40. The maximum absolute atomic E-state index is 12.6. The Morgan fingerprint density at radius 2 is 1.77 bits per heavy atom. The van der Waals surface area contributed by atoms with Gasteiger partial charge in [-0.3, -0.25) is 4.90 Å². The number of ether oxygens (including phenoxy) is 1. The fraction of sp³-hybridized carbons (Fsp3) is 0.517. The van der Waals surface area contributed by atoms with Gasteiger partial charge in [0.2, 0.25) is 0 Å². The minimum atomic E-state index is -0.839. The number of nitrogens with one attached hydrogen (secondary N) is 1. The van der Waals surface area contributed by atoms with Gasteiger partial charge >= 0.3 is 6.09 Å². The van der Waals surface area contributed by atoms with E-state index in [9.17, 15) is 9.90 Å². The van der Waals surface area contributed by atoms with Crippen molar-refractivity contribution in [3.63, 3.8) is 0 Å². The Bertz CT molecular complexity index is 1160. The molecule has 35 heavy (non-hydrogen) atoms. The summed E-state index contributed by atoms with van der Waals surface area (Å²) in [6, 6.07) is 13.5. The van der Waals surface area contributed by atoms with Gasteiger partial charge < -0.3 is 14.8 Å². The summed E-state index contributed by atoms with van der Waals surface area (Å²) >= 11 is 0. The van der Waals surface area contributed by atoms with E-state index < -0.39 is 6.09 Å². The summed E-state index contributed by atoms with van der Waals surface area (Å²) in [6.45, 7) is 13.0. The molecule has 6 nitrogen and oxygen atoms in total. The molecule has 0 bridgehead atoms. The van der Waals surface area contributed by atoms with Crippen LogP contribution in [-0.2, 0) is 6.42 Å². The molecule has 1 heterocycles. The van der Waals surface area contributed by atoms with E-state index in [2.05, 4.69) is 51.5 Å². The molecule has 0 saturated heterocycles. The first kappa shape index (κ1) is 25.1. The maximum Gasteiger partial charge on any atom is 0.408 e. The number of aryl methyl sites for hydroxylation is 1. The van der Waals surface area contributed by atoms with Crippen molar-refractivity contribution in [3.05, 3.63) is 53.9 Å². The van der Waals surface area contributed by atoms with Gasteiger partial charge in [-0.15, -0.1) is 0 Å². The van der Waals surface area contributed by atoms with E-state index in [-0.39, 0.29) is 22.9 Å². The molecule has 4 rings (SSSR count). The van der Waals surface area contributed by atoms with Crippen LogP contribution in [0.4, 0.5) is 4.79 Å². The number of aromatic nitrogens is 2. The summed E-state index contributed by atoms with van der Waals surface area (Å²) in [6.07, 6.45) is 3.92. The largest absolute Gasteiger partial charge is 0.465 e. The molecule has 1 atom stereocenters. The lowest BCUT2D eigenvalue weighted by Crippen LogP contribution is -2.48. The second kappa shape index (κ2) is 9.56. The van der Waals surface area contributed by atoms with E-state index in [1.54, 1.807) is 4.90 Å². The molecule has 2 aromatic carbocycles. The Morgan fingerprint density at radius 3 is 2.34 bits per heavy atom. The van der Waals surface area contributed by atoms with Crippen molar-refractivity contribution in [3.8, 4) is 11.5 Å². The molecule has 1 aliphatic rings. The predicted octanol–water partition coefficient (Wildman–Crippen LogP) is 7.95. The van der Waals surface area contributed by atoms with E-state index in [4.69, 9.17) is 4.74 Å². The van der Waals surface area contributed by atoms with Crippen molar-refractivity contribution in [1.29, 1.82) is 0 Å². The highest BCUT2D eigenvalue weighted by Crippen LogP contribution is 2.44. The fourth-order valence-electron chi connectivity index (χ4n) is 5.34. The molecular formula is C29H39N3O3. The predicted molar refractivity (Wildman–Crippen MR) is 140 cm³/mol. The summed E-state index contributed by atoms with van der Waals surface area (Å²) in [5.41, 5.74) is 2.91. The van der Waals surface area contributed by atoms with E-state index in [1.807, 2.05) is 42.5 Å². The van der Waals surface area contributed by atoms with Crippen LogP contribution in [0.1, 0.15) is 84.7 Å². The summed E-state index contributed by atoms with van der Waals surface area (Å²) in [4.78, 5) is 22.2. The lowest BCUT2D eigenvalue weighted by atomic mass is 9.73. The Labute approximate surface area is 208 Å². The third-order valence-electron chi connectivity index (χ3n) is 7.29. The zero-order valence-electron chi connectivity index (χ0n) is 21.9. The highest BCUT2D eigenvalue weighted by atomic mass is 16.5. The van der Waals surface area contributed by atoms with Crippen molar-refractivity contribution >= 4 is 17.1 Å². The number of H-pyrrole nitrogens is 1. The molecule has 1 saturated carbocycles. The van der Waals surface area contributed by atoms with Gasteiger partial charge in [-0.2, -0.15) is 0 Å². The molecule has 188 valence electrons. The van der Waals surface area contributed by atoms with E-state index in [1.165, 1.54) is 0 Å². The number of carboxylic acid groups (broad SMARTS) is 1. The number of carbonyl (C=O) groups is 1. The number of hydrogen-bond acceptors (Lipinski definition) is 3. The number of rotatable bonds is 6. The van der Waals surface area contributed by atoms with E-state index in [0.717, 1.165) is 60.3 Å². The van der Waals surface area contributed by atoms with Gasteiger partial charge in [0.05, 0.1) is 17.1 Å². The molecular weight excluding hydrogens is 438 g/mol. The van der Waals surface area contributed by atoms with Crippen molar-refractivity contribution < 1.29 is 14.6 Å². The normalized spacial score (nSPS) is 17.3. The van der Waals surface area contributed by atoms with Crippen LogP contribution in [0.5, 0.6) is 11.5 Å². The molecule has 0 aliphatic heterocycles.